The fourth-order valence-corrected chi connectivity index (χ4v) is 1.62. The lowest BCUT2D eigenvalue weighted by Gasteiger charge is -2.04. The van der Waals surface area contributed by atoms with Gasteiger partial charge in [-0.3, -0.25) is 10.1 Å². The molecule has 4 nitrogen and oxygen atoms in total. The van der Waals surface area contributed by atoms with Crippen molar-refractivity contribution in [2.75, 3.05) is 0 Å². The Kier molecular flexibility index (Phi) is 2.97. The van der Waals surface area contributed by atoms with Crippen molar-refractivity contribution in [3.63, 3.8) is 0 Å². The third-order valence-electron chi connectivity index (χ3n) is 2.35. The van der Waals surface area contributed by atoms with Gasteiger partial charge in [0.1, 0.15) is 5.75 Å². The monoisotopic (exact) mass is 249 g/mol. The topological polar surface area (TPSA) is 63.4 Å². The maximum absolute atomic E-state index is 10.7. The van der Waals surface area contributed by atoms with Crippen molar-refractivity contribution in [3.05, 3.63) is 57.6 Å². The van der Waals surface area contributed by atoms with Gasteiger partial charge >= 0.3 is 0 Å². The van der Waals surface area contributed by atoms with Crippen LogP contribution in [-0.2, 0) is 0 Å². The normalized spacial score (nSPS) is 10.2. The number of hydrogen-bond donors (Lipinski definition) is 1. The number of phenolic OH excluding ortho intramolecular Hbond substituents is 1. The first kappa shape index (κ1) is 11.4. The molecule has 0 heterocycles. The molecular weight excluding hydrogens is 242 g/mol. The third kappa shape index (κ3) is 2.37. The molecule has 0 aromatic heterocycles. The van der Waals surface area contributed by atoms with E-state index in [0.717, 1.165) is 0 Å². The third-order valence-corrected chi connectivity index (χ3v) is 2.60. The number of nitro benzene ring substituents is 1. The van der Waals surface area contributed by atoms with Crippen LogP contribution in [0.2, 0.25) is 5.02 Å². The van der Waals surface area contributed by atoms with E-state index in [2.05, 4.69) is 0 Å². The summed E-state index contributed by atoms with van der Waals surface area (Å²) >= 11 is 5.75. The van der Waals surface area contributed by atoms with Crippen LogP contribution in [0.15, 0.2) is 42.5 Å². The number of benzene rings is 2. The van der Waals surface area contributed by atoms with Gasteiger partial charge in [-0.15, -0.1) is 0 Å². The minimum Gasteiger partial charge on any atom is -0.507 e. The Morgan fingerprint density at radius 1 is 1.12 bits per heavy atom. The lowest BCUT2D eigenvalue weighted by atomic mass is 10.0. The Morgan fingerprint density at radius 2 is 1.76 bits per heavy atom. The van der Waals surface area contributed by atoms with Crippen molar-refractivity contribution in [1.29, 1.82) is 0 Å². The molecule has 2 aromatic carbocycles. The summed E-state index contributed by atoms with van der Waals surface area (Å²) in [6.07, 6.45) is 0. The molecule has 0 amide bonds. The molecule has 1 N–H and O–H groups in total. The van der Waals surface area contributed by atoms with Crippen LogP contribution in [0.3, 0.4) is 0 Å². The molecule has 2 aromatic rings. The molecule has 5 heteroatoms. The second kappa shape index (κ2) is 4.43. The Labute approximate surface area is 102 Å². The van der Waals surface area contributed by atoms with E-state index in [-0.39, 0.29) is 11.4 Å². The molecular formula is C12H8ClNO3. The van der Waals surface area contributed by atoms with Gasteiger partial charge in [-0.1, -0.05) is 23.7 Å². The lowest BCUT2D eigenvalue weighted by Crippen LogP contribution is -1.88. The molecule has 17 heavy (non-hydrogen) atoms. The summed E-state index contributed by atoms with van der Waals surface area (Å²) in [4.78, 5) is 10.2. The number of non-ortho nitro benzene ring substituents is 1. The molecule has 0 aliphatic rings. The molecule has 2 rings (SSSR count). The van der Waals surface area contributed by atoms with E-state index >= 15 is 0 Å². The highest BCUT2D eigenvalue weighted by Gasteiger charge is 2.11. The number of aromatic hydroxyl groups is 1. The smallest absolute Gasteiger partial charge is 0.270 e. The zero-order valence-corrected chi connectivity index (χ0v) is 9.39. The Balaban J connectivity index is 2.54. The highest BCUT2D eigenvalue weighted by atomic mass is 35.5. The van der Waals surface area contributed by atoms with Crippen molar-refractivity contribution in [1.82, 2.24) is 0 Å². The van der Waals surface area contributed by atoms with E-state index in [0.29, 0.717) is 16.1 Å². The summed E-state index contributed by atoms with van der Waals surface area (Å²) in [5, 5.41) is 20.9. The number of nitro groups is 1. The fraction of sp³-hybridized carbons (Fsp3) is 0. The molecule has 0 saturated heterocycles. The van der Waals surface area contributed by atoms with Crippen molar-refractivity contribution >= 4 is 17.3 Å². The van der Waals surface area contributed by atoms with Crippen molar-refractivity contribution < 1.29 is 10.0 Å². The minimum absolute atomic E-state index is 0.00192. The Bertz CT molecular complexity index is 566. The second-order valence-corrected chi connectivity index (χ2v) is 3.90. The Hall–Kier alpha value is -2.07. The summed E-state index contributed by atoms with van der Waals surface area (Å²) < 4.78 is 0. The number of nitrogens with zero attached hydrogens (tertiary/aromatic N) is 1. The van der Waals surface area contributed by atoms with Crippen LogP contribution in [0.5, 0.6) is 5.75 Å². The Morgan fingerprint density at radius 3 is 2.35 bits per heavy atom. The standard InChI is InChI=1S/C12H8ClNO3/c13-9-3-1-8(2-4-9)11-7-10(14(16)17)5-6-12(11)15/h1-7,15H. The molecule has 0 bridgehead atoms. The van der Waals surface area contributed by atoms with Gasteiger partial charge < -0.3 is 5.11 Å². The number of halogens is 1. The van der Waals surface area contributed by atoms with Crippen molar-refractivity contribution in [2.24, 2.45) is 0 Å². The molecule has 0 atom stereocenters. The maximum Gasteiger partial charge on any atom is 0.270 e. The summed E-state index contributed by atoms with van der Waals surface area (Å²) in [5.74, 6) is -0.00192. The van der Waals surface area contributed by atoms with Gasteiger partial charge in [-0.05, 0) is 23.8 Å². The average Bonchev–Trinajstić information content (AvgIpc) is 2.31. The largest absolute Gasteiger partial charge is 0.507 e. The van der Waals surface area contributed by atoms with Crippen LogP contribution in [0.25, 0.3) is 11.1 Å². The van der Waals surface area contributed by atoms with E-state index in [4.69, 9.17) is 11.6 Å². The van der Waals surface area contributed by atoms with Crippen LogP contribution in [0.1, 0.15) is 0 Å². The van der Waals surface area contributed by atoms with Crippen LogP contribution >= 0.6 is 11.6 Å². The van der Waals surface area contributed by atoms with Gasteiger partial charge in [0.05, 0.1) is 4.92 Å². The van der Waals surface area contributed by atoms with E-state index in [1.54, 1.807) is 24.3 Å². The molecule has 0 radical (unpaired) electrons. The average molecular weight is 250 g/mol. The lowest BCUT2D eigenvalue weighted by molar-refractivity contribution is -0.384. The molecule has 0 unspecified atom stereocenters. The predicted molar refractivity (Wildman–Crippen MR) is 65.2 cm³/mol. The highest BCUT2D eigenvalue weighted by Crippen LogP contribution is 2.32. The van der Waals surface area contributed by atoms with Crippen LogP contribution < -0.4 is 0 Å². The van der Waals surface area contributed by atoms with E-state index in [9.17, 15) is 15.2 Å². The van der Waals surface area contributed by atoms with Gasteiger partial charge in [0.2, 0.25) is 0 Å². The first-order valence-electron chi connectivity index (χ1n) is 4.81. The highest BCUT2D eigenvalue weighted by molar-refractivity contribution is 6.30. The zero-order chi connectivity index (χ0) is 12.4. The van der Waals surface area contributed by atoms with Gasteiger partial charge in [-0.25, -0.2) is 0 Å². The summed E-state index contributed by atoms with van der Waals surface area (Å²) in [6.45, 7) is 0. The van der Waals surface area contributed by atoms with Gasteiger partial charge in [0.25, 0.3) is 5.69 Å². The van der Waals surface area contributed by atoms with Gasteiger partial charge in [0.15, 0.2) is 0 Å². The summed E-state index contributed by atoms with van der Waals surface area (Å²) in [7, 11) is 0. The molecule has 0 aliphatic carbocycles. The number of rotatable bonds is 2. The minimum atomic E-state index is -0.501. The molecule has 0 saturated carbocycles. The SMILES string of the molecule is O=[N+]([O-])c1ccc(O)c(-c2ccc(Cl)cc2)c1. The molecule has 0 spiro atoms. The number of hydrogen-bond acceptors (Lipinski definition) is 3. The van der Waals surface area contributed by atoms with Crippen molar-refractivity contribution in [2.45, 2.75) is 0 Å². The predicted octanol–water partition coefficient (Wildman–Crippen LogP) is 3.62. The second-order valence-electron chi connectivity index (χ2n) is 3.47. The van der Waals surface area contributed by atoms with Crippen LogP contribution in [0, 0.1) is 10.1 Å². The van der Waals surface area contributed by atoms with Crippen LogP contribution in [0.4, 0.5) is 5.69 Å². The molecule has 86 valence electrons. The first-order valence-corrected chi connectivity index (χ1v) is 5.19. The van der Waals surface area contributed by atoms with E-state index < -0.39 is 4.92 Å². The summed E-state index contributed by atoms with van der Waals surface area (Å²) in [5.41, 5.74) is 1.03. The van der Waals surface area contributed by atoms with Crippen LogP contribution in [-0.4, -0.2) is 10.0 Å². The summed E-state index contributed by atoms with van der Waals surface area (Å²) in [6, 6.07) is 10.6. The first-order chi connectivity index (χ1) is 8.08. The quantitative estimate of drug-likeness (QED) is 0.653. The van der Waals surface area contributed by atoms with Crippen molar-refractivity contribution in [3.8, 4) is 16.9 Å². The fourth-order valence-electron chi connectivity index (χ4n) is 1.50. The van der Waals surface area contributed by atoms with E-state index in [1.807, 2.05) is 0 Å². The molecule has 0 fully saturated rings. The van der Waals surface area contributed by atoms with Gasteiger partial charge in [0, 0.05) is 22.7 Å². The molecule has 0 aliphatic heterocycles. The van der Waals surface area contributed by atoms with Gasteiger partial charge in [-0.2, -0.15) is 0 Å². The maximum atomic E-state index is 10.7. The van der Waals surface area contributed by atoms with E-state index in [1.165, 1.54) is 18.2 Å². The zero-order valence-electron chi connectivity index (χ0n) is 8.63. The number of phenols is 1.